The fraction of sp³-hybridized carbons (Fsp3) is 0.778. The van der Waals surface area contributed by atoms with Crippen LogP contribution in [-0.2, 0) is 27.4 Å². The highest BCUT2D eigenvalue weighted by molar-refractivity contribution is 5.67. The van der Waals surface area contributed by atoms with Crippen molar-refractivity contribution in [3.63, 3.8) is 0 Å². The van der Waals surface area contributed by atoms with Crippen LogP contribution < -0.4 is 0 Å². The van der Waals surface area contributed by atoms with Crippen molar-refractivity contribution in [2.75, 3.05) is 13.7 Å². The second-order valence-corrected chi connectivity index (χ2v) is 3.84. The number of hydrogen-bond donors (Lipinski definition) is 1. The molecule has 8 nitrogen and oxygen atoms in total. The summed E-state index contributed by atoms with van der Waals surface area (Å²) in [5, 5.41) is 19.0. The van der Waals surface area contributed by atoms with Crippen LogP contribution in [0.5, 0.6) is 0 Å². The number of carboxylic acids is 1. The Labute approximate surface area is 111 Å². The standard InChI is InChI=1S/C9H13F3N4O4/c1-19-6(2-8(17)18)3-16-7(13-14-15-16)4-20-5-9(10,11)12/h6H,2-5H2,1H3,(H,17,18). The fourth-order valence-electron chi connectivity index (χ4n) is 1.34. The predicted octanol–water partition coefficient (Wildman–Crippen LogP) is 0.242. The van der Waals surface area contributed by atoms with Crippen molar-refractivity contribution >= 4 is 5.97 Å². The fourth-order valence-corrected chi connectivity index (χ4v) is 1.34. The lowest BCUT2D eigenvalue weighted by molar-refractivity contribution is -0.177. The normalized spacial score (nSPS) is 13.4. The van der Waals surface area contributed by atoms with Crippen molar-refractivity contribution in [2.45, 2.75) is 31.9 Å². The molecule has 0 aliphatic rings. The van der Waals surface area contributed by atoms with Gasteiger partial charge in [0.2, 0.25) is 0 Å². The summed E-state index contributed by atoms with van der Waals surface area (Å²) < 4.78 is 46.3. The smallest absolute Gasteiger partial charge is 0.411 e. The Bertz CT molecular complexity index is 437. The number of aliphatic carboxylic acids is 1. The van der Waals surface area contributed by atoms with Gasteiger partial charge in [0.25, 0.3) is 0 Å². The van der Waals surface area contributed by atoms with Gasteiger partial charge in [0.15, 0.2) is 5.82 Å². The van der Waals surface area contributed by atoms with E-state index in [4.69, 9.17) is 9.84 Å². The summed E-state index contributed by atoms with van der Waals surface area (Å²) in [6, 6.07) is 0. The molecule has 1 N–H and O–H groups in total. The number of carbonyl (C=O) groups is 1. The third-order valence-corrected chi connectivity index (χ3v) is 2.22. The molecule has 20 heavy (non-hydrogen) atoms. The zero-order valence-electron chi connectivity index (χ0n) is 10.5. The Kier molecular flexibility index (Phi) is 5.82. The van der Waals surface area contributed by atoms with E-state index in [1.165, 1.54) is 7.11 Å². The van der Waals surface area contributed by atoms with Crippen LogP contribution in [0.15, 0.2) is 0 Å². The van der Waals surface area contributed by atoms with E-state index in [2.05, 4.69) is 20.3 Å². The molecule has 0 saturated carbocycles. The van der Waals surface area contributed by atoms with Gasteiger partial charge in [-0.15, -0.1) is 5.10 Å². The second kappa shape index (κ2) is 7.14. The van der Waals surface area contributed by atoms with Gasteiger partial charge in [0.1, 0.15) is 13.2 Å². The van der Waals surface area contributed by atoms with Gasteiger partial charge in [-0.25, -0.2) is 4.68 Å². The molecule has 0 bridgehead atoms. The summed E-state index contributed by atoms with van der Waals surface area (Å²) >= 11 is 0. The number of tetrazole rings is 1. The van der Waals surface area contributed by atoms with Crippen LogP contribution in [-0.4, -0.2) is 57.3 Å². The number of aromatic nitrogens is 4. The lowest BCUT2D eigenvalue weighted by Gasteiger charge is -2.13. The van der Waals surface area contributed by atoms with E-state index in [0.29, 0.717) is 0 Å². The minimum atomic E-state index is -4.43. The maximum absolute atomic E-state index is 11.9. The molecule has 0 spiro atoms. The zero-order chi connectivity index (χ0) is 15.2. The number of halogens is 3. The van der Waals surface area contributed by atoms with Crippen LogP contribution in [0.1, 0.15) is 12.2 Å². The van der Waals surface area contributed by atoms with Gasteiger partial charge in [0.05, 0.1) is 19.1 Å². The SMILES string of the molecule is COC(CC(=O)O)Cn1nnnc1COCC(F)(F)F. The first-order valence-electron chi connectivity index (χ1n) is 5.46. The van der Waals surface area contributed by atoms with Crippen molar-refractivity contribution in [1.29, 1.82) is 0 Å². The Morgan fingerprint density at radius 3 is 2.75 bits per heavy atom. The van der Waals surface area contributed by atoms with Crippen molar-refractivity contribution in [2.24, 2.45) is 0 Å². The lowest BCUT2D eigenvalue weighted by atomic mass is 10.2. The Hall–Kier alpha value is -1.75. The van der Waals surface area contributed by atoms with Crippen molar-refractivity contribution in [3.8, 4) is 0 Å². The molecule has 1 atom stereocenters. The van der Waals surface area contributed by atoms with E-state index in [1.807, 2.05) is 0 Å². The van der Waals surface area contributed by atoms with E-state index in [9.17, 15) is 18.0 Å². The highest BCUT2D eigenvalue weighted by atomic mass is 19.4. The van der Waals surface area contributed by atoms with E-state index >= 15 is 0 Å². The quantitative estimate of drug-likeness (QED) is 0.734. The minimum absolute atomic E-state index is 0.000507. The summed E-state index contributed by atoms with van der Waals surface area (Å²) in [5.74, 6) is -1.01. The molecule has 11 heteroatoms. The van der Waals surface area contributed by atoms with E-state index in [1.54, 1.807) is 0 Å². The molecule has 0 fully saturated rings. The molecule has 0 radical (unpaired) electrons. The summed E-state index contributed by atoms with van der Waals surface area (Å²) in [6.45, 7) is -1.85. The molecule has 0 amide bonds. The Morgan fingerprint density at radius 2 is 2.20 bits per heavy atom. The first kappa shape index (κ1) is 16.3. The topological polar surface area (TPSA) is 99.4 Å². The van der Waals surface area contributed by atoms with E-state index in [-0.39, 0.29) is 18.8 Å². The number of hydrogen-bond acceptors (Lipinski definition) is 6. The van der Waals surface area contributed by atoms with Crippen molar-refractivity contribution in [3.05, 3.63) is 5.82 Å². The van der Waals surface area contributed by atoms with E-state index in [0.717, 1.165) is 4.68 Å². The maximum atomic E-state index is 11.9. The van der Waals surface area contributed by atoms with Crippen LogP contribution in [0.25, 0.3) is 0 Å². The van der Waals surface area contributed by atoms with E-state index < -0.39 is 31.5 Å². The molecule has 0 aromatic carbocycles. The number of ether oxygens (including phenoxy) is 2. The van der Waals surface area contributed by atoms with Gasteiger partial charge in [-0.05, 0) is 10.4 Å². The third kappa shape index (κ3) is 5.93. The van der Waals surface area contributed by atoms with Gasteiger partial charge in [-0.1, -0.05) is 0 Å². The molecule has 1 unspecified atom stereocenters. The molecule has 1 rings (SSSR count). The summed E-state index contributed by atoms with van der Waals surface area (Å²) in [4.78, 5) is 10.6. The molecule has 1 aromatic rings. The van der Waals surface area contributed by atoms with Crippen molar-refractivity contribution in [1.82, 2.24) is 20.2 Å². The van der Waals surface area contributed by atoms with Crippen LogP contribution >= 0.6 is 0 Å². The maximum Gasteiger partial charge on any atom is 0.411 e. The zero-order valence-corrected chi connectivity index (χ0v) is 10.5. The molecule has 0 aliphatic carbocycles. The number of methoxy groups -OCH3 is 1. The first-order chi connectivity index (χ1) is 9.31. The third-order valence-electron chi connectivity index (χ3n) is 2.22. The molecule has 0 saturated heterocycles. The molecule has 0 aliphatic heterocycles. The Morgan fingerprint density at radius 1 is 1.50 bits per heavy atom. The number of nitrogens with zero attached hydrogens (tertiary/aromatic N) is 4. The monoisotopic (exact) mass is 298 g/mol. The van der Waals surface area contributed by atoms with Gasteiger partial charge < -0.3 is 14.6 Å². The second-order valence-electron chi connectivity index (χ2n) is 3.84. The molecule has 1 heterocycles. The minimum Gasteiger partial charge on any atom is -0.481 e. The summed E-state index contributed by atoms with van der Waals surface area (Å²) in [6.07, 6.45) is -5.41. The largest absolute Gasteiger partial charge is 0.481 e. The van der Waals surface area contributed by atoms with Crippen LogP contribution in [0, 0.1) is 0 Å². The average molecular weight is 298 g/mol. The molecular weight excluding hydrogens is 285 g/mol. The predicted molar refractivity (Wildman–Crippen MR) is 56.6 cm³/mol. The van der Waals surface area contributed by atoms with Crippen LogP contribution in [0.2, 0.25) is 0 Å². The lowest BCUT2D eigenvalue weighted by Crippen LogP contribution is -2.25. The van der Waals surface area contributed by atoms with Gasteiger partial charge >= 0.3 is 12.1 Å². The van der Waals surface area contributed by atoms with Crippen molar-refractivity contribution < 1.29 is 32.5 Å². The highest BCUT2D eigenvalue weighted by Crippen LogP contribution is 2.15. The van der Waals surface area contributed by atoms with Gasteiger partial charge in [-0.2, -0.15) is 13.2 Å². The van der Waals surface area contributed by atoms with Gasteiger partial charge in [0, 0.05) is 7.11 Å². The number of carboxylic acid groups (broad SMARTS) is 1. The molecule has 114 valence electrons. The van der Waals surface area contributed by atoms with Gasteiger partial charge in [-0.3, -0.25) is 4.79 Å². The number of rotatable bonds is 8. The van der Waals surface area contributed by atoms with Crippen LogP contribution in [0.4, 0.5) is 13.2 Å². The summed E-state index contributed by atoms with van der Waals surface area (Å²) in [7, 11) is 1.32. The highest BCUT2D eigenvalue weighted by Gasteiger charge is 2.28. The summed E-state index contributed by atoms with van der Waals surface area (Å²) in [5.41, 5.74) is 0. The Balaban J connectivity index is 2.55. The molecular formula is C9H13F3N4O4. The molecule has 1 aromatic heterocycles. The number of alkyl halides is 3. The average Bonchev–Trinajstić information content (AvgIpc) is 2.73. The van der Waals surface area contributed by atoms with Crippen LogP contribution in [0.3, 0.4) is 0 Å². The first-order valence-corrected chi connectivity index (χ1v) is 5.46.